The van der Waals surface area contributed by atoms with E-state index >= 15 is 0 Å². The molecule has 0 heterocycles. The maximum Gasteiger partial charge on any atom is 0.408 e. The van der Waals surface area contributed by atoms with Gasteiger partial charge in [0.25, 0.3) is 0 Å². The minimum Gasteiger partial charge on any atom is -0.495 e. The molecule has 0 spiro atoms. The lowest BCUT2D eigenvalue weighted by Gasteiger charge is -2.23. The van der Waals surface area contributed by atoms with Gasteiger partial charge in [0.1, 0.15) is 24.4 Å². The third kappa shape index (κ3) is 8.59. The second kappa shape index (κ2) is 13.4. The van der Waals surface area contributed by atoms with Crippen molar-refractivity contribution in [3.8, 4) is 5.75 Å². The summed E-state index contributed by atoms with van der Waals surface area (Å²) in [4.78, 5) is 37.8. The number of halogens is 1. The fourth-order valence-corrected chi connectivity index (χ4v) is 3.57. The van der Waals surface area contributed by atoms with Crippen LogP contribution in [0.3, 0.4) is 0 Å². The van der Waals surface area contributed by atoms with Crippen molar-refractivity contribution in [1.82, 2.24) is 10.6 Å². The number of hydrogen-bond acceptors (Lipinski definition) is 6. The largest absolute Gasteiger partial charge is 0.495 e. The molecule has 34 heavy (non-hydrogen) atoms. The molecule has 0 saturated heterocycles. The molecule has 8 nitrogen and oxygen atoms in total. The summed E-state index contributed by atoms with van der Waals surface area (Å²) in [6.07, 6.45) is -0.218. The third-order valence-corrected chi connectivity index (χ3v) is 5.28. The first-order chi connectivity index (χ1) is 16.2. The number of alkyl carbamates (subject to hydrolysis) is 1. The number of hydrogen-bond donors (Lipinski definition) is 2. The lowest BCUT2D eigenvalue weighted by Crippen LogP contribution is -2.53. The molecule has 2 aromatic rings. The van der Waals surface area contributed by atoms with E-state index in [1.165, 1.54) is 14.2 Å². The van der Waals surface area contributed by atoms with Crippen LogP contribution in [0.1, 0.15) is 31.4 Å². The topological polar surface area (TPSA) is 103 Å². The van der Waals surface area contributed by atoms with Gasteiger partial charge in [0.15, 0.2) is 0 Å². The Hall–Kier alpha value is -3.26. The van der Waals surface area contributed by atoms with Crippen LogP contribution in [-0.2, 0) is 32.1 Å². The van der Waals surface area contributed by atoms with Gasteiger partial charge in [-0.15, -0.1) is 0 Å². The van der Waals surface area contributed by atoms with Crippen LogP contribution in [0.15, 0.2) is 48.5 Å². The Morgan fingerprint density at radius 3 is 2.24 bits per heavy atom. The van der Waals surface area contributed by atoms with Crippen LogP contribution in [0.5, 0.6) is 5.75 Å². The van der Waals surface area contributed by atoms with Crippen LogP contribution in [0.2, 0.25) is 5.02 Å². The van der Waals surface area contributed by atoms with Crippen LogP contribution < -0.4 is 15.4 Å². The number of amides is 2. The van der Waals surface area contributed by atoms with E-state index in [2.05, 4.69) is 10.6 Å². The number of carbonyl (C=O) groups excluding carboxylic acids is 3. The summed E-state index contributed by atoms with van der Waals surface area (Å²) in [6, 6.07) is 12.4. The van der Waals surface area contributed by atoms with Crippen molar-refractivity contribution in [2.24, 2.45) is 5.92 Å². The van der Waals surface area contributed by atoms with Crippen molar-refractivity contribution in [2.45, 2.75) is 45.4 Å². The smallest absolute Gasteiger partial charge is 0.408 e. The maximum absolute atomic E-state index is 13.0. The van der Waals surface area contributed by atoms with E-state index in [-0.39, 0.29) is 18.9 Å². The Balaban J connectivity index is 2.07. The van der Waals surface area contributed by atoms with Gasteiger partial charge in [0, 0.05) is 6.42 Å². The fraction of sp³-hybridized carbons (Fsp3) is 0.400. The molecule has 0 aliphatic carbocycles. The van der Waals surface area contributed by atoms with Crippen LogP contribution in [-0.4, -0.2) is 44.3 Å². The quantitative estimate of drug-likeness (QED) is 0.463. The summed E-state index contributed by atoms with van der Waals surface area (Å²) in [5.74, 6) is -0.531. The molecule has 2 aromatic carbocycles. The minimum atomic E-state index is -0.973. The highest BCUT2D eigenvalue weighted by Crippen LogP contribution is 2.25. The molecule has 0 aliphatic heterocycles. The molecule has 2 rings (SSSR count). The standard InChI is InChI=1S/C25H31ClN2O6/c1-16(2)12-20(28-25(31)34-15-17-8-6-5-7-9-17)23(29)27-21(24(30)33-4)14-18-10-11-22(32-3)19(26)13-18/h5-11,13,16,20-21H,12,14-15H2,1-4H3,(H,27,29)(H,28,31)/t20-,21+/m0/s1. The second-order valence-corrected chi connectivity index (χ2v) is 8.55. The average molecular weight is 491 g/mol. The zero-order chi connectivity index (χ0) is 25.1. The number of carbonyl (C=O) groups is 3. The Morgan fingerprint density at radius 1 is 0.941 bits per heavy atom. The highest BCUT2D eigenvalue weighted by atomic mass is 35.5. The molecule has 2 N–H and O–H groups in total. The lowest BCUT2D eigenvalue weighted by atomic mass is 10.0. The number of rotatable bonds is 11. The van der Waals surface area contributed by atoms with E-state index in [0.29, 0.717) is 22.8 Å². The van der Waals surface area contributed by atoms with Gasteiger partial charge in [-0.2, -0.15) is 0 Å². The molecule has 0 unspecified atom stereocenters. The van der Waals surface area contributed by atoms with E-state index in [0.717, 1.165) is 5.56 Å². The minimum absolute atomic E-state index is 0.0751. The zero-order valence-corrected chi connectivity index (χ0v) is 20.6. The molecule has 184 valence electrons. The summed E-state index contributed by atoms with van der Waals surface area (Å²) in [5.41, 5.74) is 1.53. The fourth-order valence-electron chi connectivity index (χ4n) is 3.29. The van der Waals surface area contributed by atoms with Crippen LogP contribution in [0.25, 0.3) is 0 Å². The molecule has 2 atom stereocenters. The van der Waals surface area contributed by atoms with Gasteiger partial charge < -0.3 is 24.8 Å². The molecule has 9 heteroatoms. The predicted octanol–water partition coefficient (Wildman–Crippen LogP) is 3.89. The summed E-state index contributed by atoms with van der Waals surface area (Å²) in [7, 11) is 2.75. The van der Waals surface area contributed by atoms with Crippen molar-refractivity contribution in [2.75, 3.05) is 14.2 Å². The van der Waals surface area contributed by atoms with Gasteiger partial charge in [0.05, 0.1) is 19.2 Å². The van der Waals surface area contributed by atoms with E-state index in [1.807, 2.05) is 44.2 Å². The van der Waals surface area contributed by atoms with Gasteiger partial charge in [-0.05, 0) is 35.6 Å². The predicted molar refractivity (Wildman–Crippen MR) is 129 cm³/mol. The second-order valence-electron chi connectivity index (χ2n) is 8.15. The van der Waals surface area contributed by atoms with Crippen LogP contribution in [0, 0.1) is 5.92 Å². The normalized spacial score (nSPS) is 12.4. The molecular formula is C25H31ClN2O6. The first-order valence-electron chi connectivity index (χ1n) is 10.9. The summed E-state index contributed by atoms with van der Waals surface area (Å²) in [6.45, 7) is 3.93. The van der Waals surface area contributed by atoms with Crippen LogP contribution >= 0.6 is 11.6 Å². The Morgan fingerprint density at radius 2 is 1.65 bits per heavy atom. The van der Waals surface area contributed by atoms with Gasteiger partial charge >= 0.3 is 12.1 Å². The highest BCUT2D eigenvalue weighted by Gasteiger charge is 2.28. The van der Waals surface area contributed by atoms with E-state index in [1.54, 1.807) is 18.2 Å². The molecule has 0 radical (unpaired) electrons. The first kappa shape index (κ1) is 27.0. The zero-order valence-electron chi connectivity index (χ0n) is 19.8. The Kier molecular flexibility index (Phi) is 10.7. The number of ether oxygens (including phenoxy) is 3. The SMILES string of the molecule is COC(=O)[C@@H](Cc1ccc(OC)c(Cl)c1)NC(=O)[C@H](CC(C)C)NC(=O)OCc1ccccc1. The van der Waals surface area contributed by atoms with Crippen molar-refractivity contribution < 1.29 is 28.6 Å². The maximum atomic E-state index is 13.0. The van der Waals surface area contributed by atoms with E-state index in [9.17, 15) is 14.4 Å². The number of benzene rings is 2. The van der Waals surface area contributed by atoms with Crippen LogP contribution in [0.4, 0.5) is 4.79 Å². The molecule has 0 fully saturated rings. The first-order valence-corrected chi connectivity index (χ1v) is 11.3. The molecule has 0 aromatic heterocycles. The van der Waals surface area contributed by atoms with Crippen molar-refractivity contribution in [3.05, 3.63) is 64.7 Å². The number of methoxy groups -OCH3 is 2. The van der Waals surface area contributed by atoms with Gasteiger partial charge in [-0.3, -0.25) is 4.79 Å². The molecule has 0 saturated carbocycles. The van der Waals surface area contributed by atoms with E-state index < -0.39 is 30.1 Å². The Bertz CT molecular complexity index is 967. The lowest BCUT2D eigenvalue weighted by molar-refractivity contribution is -0.145. The van der Waals surface area contributed by atoms with Gasteiger partial charge in [-0.1, -0.05) is 61.8 Å². The number of esters is 1. The molecule has 2 amide bonds. The average Bonchev–Trinajstić information content (AvgIpc) is 2.81. The van der Waals surface area contributed by atoms with E-state index in [4.69, 9.17) is 25.8 Å². The summed E-state index contributed by atoms with van der Waals surface area (Å²) < 4.78 is 15.3. The monoisotopic (exact) mass is 490 g/mol. The molecule has 0 bridgehead atoms. The third-order valence-electron chi connectivity index (χ3n) is 4.99. The Labute approximate surface area is 204 Å². The van der Waals surface area contributed by atoms with Gasteiger partial charge in [0.2, 0.25) is 5.91 Å². The summed E-state index contributed by atoms with van der Waals surface area (Å²) >= 11 is 6.18. The molecular weight excluding hydrogens is 460 g/mol. The summed E-state index contributed by atoms with van der Waals surface area (Å²) in [5, 5.41) is 5.68. The highest BCUT2D eigenvalue weighted by molar-refractivity contribution is 6.32. The number of nitrogens with one attached hydrogen (secondary N) is 2. The van der Waals surface area contributed by atoms with Crippen molar-refractivity contribution >= 4 is 29.6 Å². The van der Waals surface area contributed by atoms with Gasteiger partial charge in [-0.25, -0.2) is 9.59 Å². The van der Waals surface area contributed by atoms with Crippen molar-refractivity contribution in [1.29, 1.82) is 0 Å². The van der Waals surface area contributed by atoms with Crippen molar-refractivity contribution in [3.63, 3.8) is 0 Å². The molecule has 0 aliphatic rings.